The Morgan fingerprint density at radius 1 is 0.974 bits per heavy atom. The zero-order valence-corrected chi connectivity index (χ0v) is 20.1. The molecule has 0 spiro atoms. The molecule has 2 aromatic heterocycles. The fraction of sp³-hybridized carbons (Fsp3) is 0.346. The Morgan fingerprint density at radius 2 is 1.71 bits per heavy atom. The van der Waals surface area contributed by atoms with Crippen LogP contribution in [0.1, 0.15) is 48.5 Å². The van der Waals surface area contributed by atoms with Gasteiger partial charge in [-0.05, 0) is 56.1 Å². The molecule has 0 bridgehead atoms. The van der Waals surface area contributed by atoms with Crippen LogP contribution in [0.4, 0.5) is 26.3 Å². The normalized spacial score (nSPS) is 19.1. The molecule has 1 N–H and O–H groups in total. The van der Waals surface area contributed by atoms with E-state index in [1.54, 1.807) is 6.20 Å². The number of nitrogens with zero attached hydrogens (tertiary/aromatic N) is 4. The first-order chi connectivity index (χ1) is 18.0. The molecule has 0 aliphatic carbocycles. The van der Waals surface area contributed by atoms with Crippen molar-refractivity contribution in [3.63, 3.8) is 0 Å². The molecular weight excluding hydrogens is 512 g/mol. The van der Waals surface area contributed by atoms with Gasteiger partial charge in [0, 0.05) is 17.5 Å². The van der Waals surface area contributed by atoms with Gasteiger partial charge in [-0.15, -0.1) is 0 Å². The van der Waals surface area contributed by atoms with Gasteiger partial charge in [-0.3, -0.25) is 4.90 Å². The van der Waals surface area contributed by atoms with Crippen LogP contribution in [0.25, 0.3) is 22.6 Å². The minimum Gasteiger partial charge on any atom is -0.342 e. The molecule has 200 valence electrons. The van der Waals surface area contributed by atoms with E-state index in [2.05, 4.69) is 31.9 Å². The van der Waals surface area contributed by atoms with Crippen molar-refractivity contribution in [1.82, 2.24) is 25.0 Å². The van der Waals surface area contributed by atoms with Crippen LogP contribution in [0, 0.1) is 0 Å². The number of imidazole rings is 1. The van der Waals surface area contributed by atoms with Crippen molar-refractivity contribution >= 4 is 0 Å². The number of aromatic amines is 1. The average molecular weight is 535 g/mol. The van der Waals surface area contributed by atoms with Crippen LogP contribution in [-0.2, 0) is 18.9 Å². The number of alkyl halides is 6. The quantitative estimate of drug-likeness (QED) is 0.281. The summed E-state index contributed by atoms with van der Waals surface area (Å²) in [5.41, 5.74) is 0.0112. The van der Waals surface area contributed by atoms with Gasteiger partial charge in [0.15, 0.2) is 0 Å². The molecule has 1 fully saturated rings. The number of piperidine rings is 1. The van der Waals surface area contributed by atoms with Gasteiger partial charge in [0.05, 0.1) is 29.6 Å². The van der Waals surface area contributed by atoms with Crippen LogP contribution in [0.3, 0.4) is 0 Å². The summed E-state index contributed by atoms with van der Waals surface area (Å²) < 4.78 is 82.9. The lowest BCUT2D eigenvalue weighted by molar-refractivity contribution is -0.138. The second kappa shape index (κ2) is 9.90. The third-order valence-electron chi connectivity index (χ3n) is 6.77. The van der Waals surface area contributed by atoms with Crippen LogP contribution < -0.4 is 0 Å². The smallest absolute Gasteiger partial charge is 0.342 e. The largest absolute Gasteiger partial charge is 0.416 e. The second-order valence-electron chi connectivity index (χ2n) is 9.39. The third kappa shape index (κ3) is 5.59. The van der Waals surface area contributed by atoms with Crippen molar-refractivity contribution < 1.29 is 30.9 Å². The Bertz CT molecular complexity index is 1390. The van der Waals surface area contributed by atoms with Gasteiger partial charge in [-0.25, -0.2) is 4.98 Å². The number of rotatable bonds is 5. The third-order valence-corrected chi connectivity index (χ3v) is 6.77. The number of halogens is 6. The van der Waals surface area contributed by atoms with Crippen LogP contribution in [0.2, 0.25) is 0 Å². The second-order valence-corrected chi connectivity index (χ2v) is 9.39. The molecule has 38 heavy (non-hydrogen) atoms. The molecule has 2 aromatic carbocycles. The van der Waals surface area contributed by atoms with E-state index in [4.69, 9.17) is 4.52 Å². The van der Waals surface area contributed by atoms with E-state index in [0.717, 1.165) is 42.9 Å². The fourth-order valence-electron chi connectivity index (χ4n) is 4.68. The molecule has 1 saturated heterocycles. The molecule has 0 saturated carbocycles. The maximum absolute atomic E-state index is 13.0. The summed E-state index contributed by atoms with van der Waals surface area (Å²) in [7, 11) is 0. The summed E-state index contributed by atoms with van der Waals surface area (Å²) >= 11 is 0. The van der Waals surface area contributed by atoms with Crippen LogP contribution in [0.15, 0.2) is 59.3 Å². The number of benzene rings is 2. The van der Waals surface area contributed by atoms with Crippen molar-refractivity contribution in [2.75, 3.05) is 6.54 Å². The summed E-state index contributed by atoms with van der Waals surface area (Å²) in [5.74, 6) is 1.31. The van der Waals surface area contributed by atoms with Gasteiger partial charge >= 0.3 is 12.4 Å². The molecule has 6 nitrogen and oxygen atoms in total. The van der Waals surface area contributed by atoms with Gasteiger partial charge in [-0.1, -0.05) is 29.4 Å². The monoisotopic (exact) mass is 535 g/mol. The lowest BCUT2D eigenvalue weighted by atomic mass is 9.91. The number of hydrogen-bond donors (Lipinski definition) is 1. The van der Waals surface area contributed by atoms with Crippen molar-refractivity contribution in [3.8, 4) is 22.6 Å². The molecule has 0 unspecified atom stereocenters. The van der Waals surface area contributed by atoms with E-state index in [-0.39, 0.29) is 23.3 Å². The molecule has 4 aromatic rings. The van der Waals surface area contributed by atoms with Gasteiger partial charge in [0.25, 0.3) is 0 Å². The Labute approximate surface area is 213 Å². The SMILES string of the molecule is C[C@H]1C[C@@H](c2ncc(-c3ccc(C(F)(F)F)cc3)[nH]2)CCN1Cc1nc(-c2cccc(C(F)(F)F)c2)no1. The highest BCUT2D eigenvalue weighted by molar-refractivity contribution is 5.59. The highest BCUT2D eigenvalue weighted by atomic mass is 19.4. The van der Waals surface area contributed by atoms with Crippen molar-refractivity contribution in [1.29, 1.82) is 0 Å². The van der Waals surface area contributed by atoms with E-state index < -0.39 is 23.5 Å². The predicted molar refractivity (Wildman–Crippen MR) is 126 cm³/mol. The molecule has 1 aliphatic rings. The maximum Gasteiger partial charge on any atom is 0.416 e. The first-order valence-corrected chi connectivity index (χ1v) is 11.9. The number of aromatic nitrogens is 4. The van der Waals surface area contributed by atoms with E-state index in [1.165, 1.54) is 24.3 Å². The maximum atomic E-state index is 13.0. The molecule has 0 amide bonds. The number of nitrogens with one attached hydrogen (secondary N) is 1. The van der Waals surface area contributed by atoms with E-state index >= 15 is 0 Å². The first-order valence-electron chi connectivity index (χ1n) is 11.9. The van der Waals surface area contributed by atoms with Crippen molar-refractivity contribution in [2.24, 2.45) is 0 Å². The molecule has 5 rings (SSSR count). The summed E-state index contributed by atoms with van der Waals surface area (Å²) in [6.07, 6.45) is -5.67. The first kappa shape index (κ1) is 26.0. The highest BCUT2D eigenvalue weighted by Crippen LogP contribution is 2.34. The topological polar surface area (TPSA) is 70.8 Å². The number of likely N-dealkylation sites (tertiary alicyclic amines) is 1. The Morgan fingerprint density at radius 3 is 2.39 bits per heavy atom. The van der Waals surface area contributed by atoms with Crippen molar-refractivity contribution in [3.05, 3.63) is 77.6 Å². The molecule has 2 atom stereocenters. The summed E-state index contributed by atoms with van der Waals surface area (Å²) in [6.45, 7) is 3.11. The molecule has 3 heterocycles. The van der Waals surface area contributed by atoms with Gasteiger partial charge < -0.3 is 9.51 Å². The molecule has 12 heteroatoms. The summed E-state index contributed by atoms with van der Waals surface area (Å²) in [6, 6.07) is 9.84. The average Bonchev–Trinajstić information content (AvgIpc) is 3.55. The zero-order valence-electron chi connectivity index (χ0n) is 20.1. The van der Waals surface area contributed by atoms with Crippen LogP contribution in [0.5, 0.6) is 0 Å². The Balaban J connectivity index is 1.21. The molecule has 1 aliphatic heterocycles. The van der Waals surface area contributed by atoms with Crippen LogP contribution >= 0.6 is 0 Å². The predicted octanol–water partition coefficient (Wildman–Crippen LogP) is 6.93. The minimum absolute atomic E-state index is 0.0972. The van der Waals surface area contributed by atoms with Gasteiger partial charge in [0.1, 0.15) is 5.82 Å². The standard InChI is InChI=1S/C26H23F6N5O/c1-15-11-18(23-33-13-21(34-23)16-5-7-19(8-6-16)25(27,28)29)9-10-37(15)14-22-35-24(36-38-22)17-3-2-4-20(12-17)26(30,31)32/h2-8,12-13,15,18H,9-11,14H2,1H3,(H,33,34)/t15-,18-/m0/s1. The Hall–Kier alpha value is -3.67. The van der Waals surface area contributed by atoms with Gasteiger partial charge in [0.2, 0.25) is 11.7 Å². The number of hydrogen-bond acceptors (Lipinski definition) is 5. The number of H-pyrrole nitrogens is 1. The van der Waals surface area contributed by atoms with Gasteiger partial charge in [-0.2, -0.15) is 31.3 Å². The van der Waals surface area contributed by atoms with Crippen LogP contribution in [-0.4, -0.2) is 37.6 Å². The lowest BCUT2D eigenvalue weighted by Crippen LogP contribution is -2.39. The molecule has 0 radical (unpaired) electrons. The van der Waals surface area contributed by atoms with Crippen molar-refractivity contribution in [2.45, 2.75) is 50.6 Å². The van der Waals surface area contributed by atoms with E-state index in [9.17, 15) is 26.3 Å². The summed E-state index contributed by atoms with van der Waals surface area (Å²) in [5, 5.41) is 3.86. The highest BCUT2D eigenvalue weighted by Gasteiger charge is 2.32. The van der Waals surface area contributed by atoms with E-state index in [0.29, 0.717) is 30.2 Å². The fourth-order valence-corrected chi connectivity index (χ4v) is 4.68. The summed E-state index contributed by atoms with van der Waals surface area (Å²) in [4.78, 5) is 14.2. The molecular formula is C26H23F6N5O. The minimum atomic E-state index is -4.46. The zero-order chi connectivity index (χ0) is 27.1. The Kier molecular flexibility index (Phi) is 6.76. The lowest BCUT2D eigenvalue weighted by Gasteiger charge is -2.36. The van der Waals surface area contributed by atoms with E-state index in [1.807, 2.05) is 0 Å².